The third-order valence-corrected chi connectivity index (χ3v) is 2.90. The van der Waals surface area contributed by atoms with E-state index in [1.165, 1.54) is 6.07 Å². The van der Waals surface area contributed by atoms with Crippen molar-refractivity contribution in [2.24, 2.45) is 0 Å². The van der Waals surface area contributed by atoms with Gasteiger partial charge in [0.2, 0.25) is 11.1 Å². The van der Waals surface area contributed by atoms with Gasteiger partial charge in [-0.15, -0.1) is 0 Å². The predicted octanol–water partition coefficient (Wildman–Crippen LogP) is 3.67. The van der Waals surface area contributed by atoms with Crippen molar-refractivity contribution < 1.29 is 14.5 Å². The molecule has 1 heterocycles. The van der Waals surface area contributed by atoms with E-state index in [-0.39, 0.29) is 22.5 Å². The number of nitrogens with zero attached hydrogens (tertiary/aromatic N) is 3. The molecule has 0 aliphatic carbocycles. The first-order valence-electron chi connectivity index (χ1n) is 7.18. The van der Waals surface area contributed by atoms with E-state index < -0.39 is 16.6 Å². The summed E-state index contributed by atoms with van der Waals surface area (Å²) in [6.45, 7) is 5.47. The van der Waals surface area contributed by atoms with E-state index in [2.05, 4.69) is 20.6 Å². The predicted molar refractivity (Wildman–Crippen MR) is 92.3 cm³/mol. The number of halogens is 1. The lowest BCUT2D eigenvalue weighted by Gasteiger charge is -2.19. The zero-order valence-corrected chi connectivity index (χ0v) is 14.5. The molecule has 0 atom stereocenters. The van der Waals surface area contributed by atoms with Crippen LogP contribution in [-0.2, 0) is 0 Å². The molecule has 1 aromatic carbocycles. The highest BCUT2D eigenvalue weighted by molar-refractivity contribution is 6.28. The van der Waals surface area contributed by atoms with E-state index in [9.17, 15) is 14.9 Å². The molecule has 25 heavy (non-hydrogen) atoms. The van der Waals surface area contributed by atoms with Crippen LogP contribution in [0.3, 0.4) is 0 Å². The molecule has 0 aliphatic heterocycles. The third kappa shape index (κ3) is 5.57. The van der Waals surface area contributed by atoms with Gasteiger partial charge in [-0.05, 0) is 44.5 Å². The number of carbonyl (C=O) groups excluding carboxylic acids is 1. The molecule has 0 unspecified atom stereocenters. The summed E-state index contributed by atoms with van der Waals surface area (Å²) in [5.74, 6) is 0.191. The van der Waals surface area contributed by atoms with Gasteiger partial charge in [-0.1, -0.05) is 6.07 Å². The Labute approximate surface area is 148 Å². The summed E-state index contributed by atoms with van der Waals surface area (Å²) in [6.07, 6.45) is 0.398. The van der Waals surface area contributed by atoms with Crippen LogP contribution in [-0.4, -0.2) is 26.5 Å². The molecule has 1 amide bonds. The number of nitrogens with one attached hydrogen (secondary N) is 2. The standard InChI is InChI=1S/C15H16ClN5O4/c1-15(2,3)20-14(22)25-10-6-4-5-9(7-10)18-12-11(21(23)24)8-17-13(16)19-12/h4-8H,1-3H3,(H,20,22)(H,17,18,19). The fraction of sp³-hybridized carbons (Fsp3) is 0.267. The van der Waals surface area contributed by atoms with Crippen molar-refractivity contribution >= 4 is 34.9 Å². The molecule has 0 bridgehead atoms. The largest absolute Gasteiger partial charge is 0.413 e. The van der Waals surface area contributed by atoms with Gasteiger partial charge >= 0.3 is 11.8 Å². The number of hydrogen-bond acceptors (Lipinski definition) is 7. The number of anilines is 2. The molecule has 0 spiro atoms. The van der Waals surface area contributed by atoms with Crippen molar-refractivity contribution in [3.8, 4) is 5.75 Å². The summed E-state index contributed by atoms with van der Waals surface area (Å²) >= 11 is 5.69. The van der Waals surface area contributed by atoms with Gasteiger partial charge in [0, 0.05) is 17.3 Å². The first kappa shape index (κ1) is 18.4. The Morgan fingerprint density at radius 2 is 2.08 bits per heavy atom. The second-order valence-electron chi connectivity index (χ2n) is 6.05. The van der Waals surface area contributed by atoms with Gasteiger partial charge < -0.3 is 15.4 Å². The SMILES string of the molecule is CC(C)(C)NC(=O)Oc1cccc(Nc2nc(Cl)ncc2[N+](=O)[O-])c1. The van der Waals surface area contributed by atoms with Crippen LogP contribution in [0, 0.1) is 10.1 Å². The Hall–Kier alpha value is -2.94. The van der Waals surface area contributed by atoms with Crippen molar-refractivity contribution in [1.82, 2.24) is 15.3 Å². The quantitative estimate of drug-likeness (QED) is 0.481. The summed E-state index contributed by atoms with van der Waals surface area (Å²) in [5.41, 5.74) is -0.342. The molecule has 2 N–H and O–H groups in total. The third-order valence-electron chi connectivity index (χ3n) is 2.72. The fourth-order valence-corrected chi connectivity index (χ4v) is 1.93. The van der Waals surface area contributed by atoms with Crippen LogP contribution >= 0.6 is 11.6 Å². The molecule has 132 valence electrons. The van der Waals surface area contributed by atoms with Crippen LogP contribution in [0.4, 0.5) is 22.0 Å². The van der Waals surface area contributed by atoms with Crippen LogP contribution in [0.15, 0.2) is 30.5 Å². The monoisotopic (exact) mass is 365 g/mol. The van der Waals surface area contributed by atoms with Crippen LogP contribution in [0.1, 0.15) is 20.8 Å². The minimum atomic E-state index is -0.629. The molecular formula is C15H16ClN5O4. The number of benzene rings is 1. The zero-order chi connectivity index (χ0) is 18.6. The van der Waals surface area contributed by atoms with Crippen LogP contribution in [0.5, 0.6) is 5.75 Å². The number of rotatable bonds is 4. The number of nitro groups is 1. The van der Waals surface area contributed by atoms with Crippen molar-refractivity contribution in [3.63, 3.8) is 0 Å². The van der Waals surface area contributed by atoms with Crippen LogP contribution < -0.4 is 15.4 Å². The summed E-state index contributed by atoms with van der Waals surface area (Å²) in [6, 6.07) is 6.34. The topological polar surface area (TPSA) is 119 Å². The smallest absolute Gasteiger partial charge is 0.410 e. The lowest BCUT2D eigenvalue weighted by molar-refractivity contribution is -0.384. The van der Waals surface area contributed by atoms with Gasteiger partial charge in [0.1, 0.15) is 11.9 Å². The van der Waals surface area contributed by atoms with Crippen molar-refractivity contribution in [2.45, 2.75) is 26.3 Å². The second kappa shape index (κ2) is 7.31. The van der Waals surface area contributed by atoms with E-state index in [0.29, 0.717) is 5.69 Å². The lowest BCUT2D eigenvalue weighted by Crippen LogP contribution is -2.42. The highest BCUT2D eigenvalue weighted by Crippen LogP contribution is 2.27. The fourth-order valence-electron chi connectivity index (χ4n) is 1.79. The summed E-state index contributed by atoms with van der Waals surface area (Å²) in [5, 5.41) is 16.3. The summed E-state index contributed by atoms with van der Waals surface area (Å²) in [4.78, 5) is 29.6. The van der Waals surface area contributed by atoms with Crippen molar-refractivity contribution in [2.75, 3.05) is 5.32 Å². The molecule has 10 heteroatoms. The van der Waals surface area contributed by atoms with E-state index >= 15 is 0 Å². The second-order valence-corrected chi connectivity index (χ2v) is 6.39. The molecule has 0 aliphatic rings. The molecule has 0 fully saturated rings. The van der Waals surface area contributed by atoms with E-state index in [4.69, 9.17) is 16.3 Å². The maximum absolute atomic E-state index is 11.8. The normalized spacial score (nSPS) is 10.9. The Bertz CT molecular complexity index is 807. The van der Waals surface area contributed by atoms with Crippen LogP contribution in [0.25, 0.3) is 0 Å². The summed E-state index contributed by atoms with van der Waals surface area (Å²) in [7, 11) is 0. The maximum Gasteiger partial charge on any atom is 0.413 e. The summed E-state index contributed by atoms with van der Waals surface area (Å²) < 4.78 is 5.19. The van der Waals surface area contributed by atoms with Gasteiger partial charge in [0.05, 0.1) is 4.92 Å². The van der Waals surface area contributed by atoms with E-state index in [1.54, 1.807) is 18.2 Å². The van der Waals surface area contributed by atoms with Gasteiger partial charge in [-0.2, -0.15) is 4.98 Å². The zero-order valence-electron chi connectivity index (χ0n) is 13.7. The first-order chi connectivity index (χ1) is 11.6. The average Bonchev–Trinajstić information content (AvgIpc) is 2.45. The number of hydrogen-bond donors (Lipinski definition) is 2. The molecule has 0 saturated heterocycles. The Kier molecular flexibility index (Phi) is 5.38. The molecule has 9 nitrogen and oxygen atoms in total. The van der Waals surface area contributed by atoms with Crippen LogP contribution in [0.2, 0.25) is 5.28 Å². The Morgan fingerprint density at radius 3 is 2.72 bits per heavy atom. The molecule has 2 rings (SSSR count). The highest BCUT2D eigenvalue weighted by atomic mass is 35.5. The number of ether oxygens (including phenoxy) is 1. The van der Waals surface area contributed by atoms with E-state index in [1.807, 2.05) is 20.8 Å². The Balaban J connectivity index is 2.19. The number of aromatic nitrogens is 2. The first-order valence-corrected chi connectivity index (χ1v) is 7.56. The molecule has 0 saturated carbocycles. The molecular weight excluding hydrogens is 350 g/mol. The molecule has 2 aromatic rings. The van der Waals surface area contributed by atoms with Gasteiger partial charge in [-0.3, -0.25) is 10.1 Å². The Morgan fingerprint density at radius 1 is 1.36 bits per heavy atom. The minimum Gasteiger partial charge on any atom is -0.410 e. The minimum absolute atomic E-state index is 0.0682. The van der Waals surface area contributed by atoms with Crippen molar-refractivity contribution in [3.05, 3.63) is 45.9 Å². The number of amides is 1. The molecule has 1 aromatic heterocycles. The lowest BCUT2D eigenvalue weighted by atomic mass is 10.1. The number of carbonyl (C=O) groups is 1. The van der Waals surface area contributed by atoms with Gasteiger partial charge in [0.25, 0.3) is 0 Å². The van der Waals surface area contributed by atoms with Gasteiger partial charge in [-0.25, -0.2) is 9.78 Å². The highest BCUT2D eigenvalue weighted by Gasteiger charge is 2.18. The van der Waals surface area contributed by atoms with Gasteiger partial charge in [0.15, 0.2) is 0 Å². The van der Waals surface area contributed by atoms with E-state index in [0.717, 1.165) is 6.20 Å². The average molecular weight is 366 g/mol. The maximum atomic E-state index is 11.8. The molecule has 0 radical (unpaired) electrons. The van der Waals surface area contributed by atoms with Crippen molar-refractivity contribution in [1.29, 1.82) is 0 Å².